The Morgan fingerprint density at radius 2 is 1.88 bits per heavy atom. The van der Waals surface area contributed by atoms with Crippen LogP contribution in [0.1, 0.15) is 25.7 Å². The smallest absolute Gasteiger partial charge is 0.231 e. The average Bonchev–Trinajstić information content (AvgIpc) is 3.05. The lowest BCUT2D eigenvalue weighted by molar-refractivity contribution is 0.126. The maximum absolute atomic E-state index is 9.58. The van der Waals surface area contributed by atoms with Gasteiger partial charge in [0.15, 0.2) is 11.5 Å². The first-order chi connectivity index (χ1) is 11.8. The van der Waals surface area contributed by atoms with Crippen molar-refractivity contribution >= 4 is 17.5 Å². The topological polar surface area (TPSA) is 88.5 Å². The number of nitrogens with one attached hydrogen (secondary N) is 2. The van der Waals surface area contributed by atoms with Gasteiger partial charge in [-0.1, -0.05) is 0 Å². The Balaban J connectivity index is 1.43. The molecular formula is C17H20N4O3. The highest BCUT2D eigenvalue weighted by atomic mass is 16.7. The Morgan fingerprint density at radius 3 is 2.75 bits per heavy atom. The first kappa shape index (κ1) is 15.0. The molecule has 2 heterocycles. The molecule has 0 amide bonds. The number of fused-ring (bicyclic) bond motifs is 1. The van der Waals surface area contributed by atoms with Crippen molar-refractivity contribution < 1.29 is 14.6 Å². The van der Waals surface area contributed by atoms with E-state index < -0.39 is 0 Å². The Hall–Kier alpha value is -2.54. The molecule has 0 spiro atoms. The number of aromatic nitrogens is 2. The van der Waals surface area contributed by atoms with Gasteiger partial charge in [0.05, 0.1) is 6.10 Å². The van der Waals surface area contributed by atoms with Crippen molar-refractivity contribution in [1.82, 2.24) is 9.97 Å². The summed E-state index contributed by atoms with van der Waals surface area (Å²) in [4.78, 5) is 8.79. The summed E-state index contributed by atoms with van der Waals surface area (Å²) in [6.07, 6.45) is 5.08. The van der Waals surface area contributed by atoms with E-state index in [2.05, 4.69) is 20.6 Å². The van der Waals surface area contributed by atoms with E-state index in [9.17, 15) is 5.11 Å². The van der Waals surface area contributed by atoms with Crippen LogP contribution in [0, 0.1) is 0 Å². The first-order valence-corrected chi connectivity index (χ1v) is 8.20. The lowest BCUT2D eigenvalue weighted by atomic mass is 9.93. The Kier molecular flexibility index (Phi) is 4.08. The van der Waals surface area contributed by atoms with E-state index >= 15 is 0 Å². The number of hydrogen-bond donors (Lipinski definition) is 3. The van der Waals surface area contributed by atoms with Crippen LogP contribution in [-0.2, 0) is 0 Å². The monoisotopic (exact) mass is 328 g/mol. The average molecular weight is 328 g/mol. The Morgan fingerprint density at radius 1 is 1.04 bits per heavy atom. The zero-order chi connectivity index (χ0) is 16.4. The SMILES string of the molecule is OC1CCC(Nc2nccc(Nc3ccc4c(c3)OCO4)n2)CC1. The second kappa shape index (κ2) is 6.52. The molecule has 1 aromatic carbocycles. The number of anilines is 3. The van der Waals surface area contributed by atoms with Crippen LogP contribution in [0.25, 0.3) is 0 Å². The van der Waals surface area contributed by atoms with Gasteiger partial charge in [-0.05, 0) is 43.9 Å². The molecule has 1 aliphatic heterocycles. The minimum atomic E-state index is -0.164. The van der Waals surface area contributed by atoms with Crippen molar-refractivity contribution in [1.29, 1.82) is 0 Å². The van der Waals surface area contributed by atoms with E-state index in [-0.39, 0.29) is 12.9 Å². The molecule has 4 rings (SSSR count). The van der Waals surface area contributed by atoms with E-state index in [4.69, 9.17) is 9.47 Å². The first-order valence-electron chi connectivity index (χ1n) is 8.20. The number of rotatable bonds is 4. The van der Waals surface area contributed by atoms with Crippen LogP contribution >= 0.6 is 0 Å². The van der Waals surface area contributed by atoms with Gasteiger partial charge in [-0.15, -0.1) is 0 Å². The van der Waals surface area contributed by atoms with Crippen LogP contribution in [0.15, 0.2) is 30.5 Å². The van der Waals surface area contributed by atoms with Gasteiger partial charge < -0.3 is 25.2 Å². The molecule has 0 saturated heterocycles. The summed E-state index contributed by atoms with van der Waals surface area (Å²) in [5, 5.41) is 16.2. The van der Waals surface area contributed by atoms with Crippen molar-refractivity contribution in [3.8, 4) is 11.5 Å². The summed E-state index contributed by atoms with van der Waals surface area (Å²) in [6.45, 7) is 0.260. The minimum absolute atomic E-state index is 0.164. The van der Waals surface area contributed by atoms with E-state index in [0.717, 1.165) is 42.9 Å². The van der Waals surface area contributed by atoms with Gasteiger partial charge in [0, 0.05) is 24.0 Å². The summed E-state index contributed by atoms with van der Waals surface area (Å²) < 4.78 is 10.7. The van der Waals surface area contributed by atoms with Gasteiger partial charge in [-0.25, -0.2) is 4.98 Å². The van der Waals surface area contributed by atoms with Crippen LogP contribution < -0.4 is 20.1 Å². The number of ether oxygens (including phenoxy) is 2. The van der Waals surface area contributed by atoms with Gasteiger partial charge in [0.25, 0.3) is 0 Å². The standard InChI is InChI=1S/C17H20N4O3/c22-13-4-1-11(2-5-13)20-17-18-8-7-16(21-17)19-12-3-6-14-15(9-12)24-10-23-14/h3,6-9,11,13,22H,1-2,4-5,10H2,(H2,18,19,20,21). The van der Waals surface area contributed by atoms with E-state index in [1.54, 1.807) is 6.20 Å². The fraction of sp³-hybridized carbons (Fsp3) is 0.412. The largest absolute Gasteiger partial charge is 0.454 e. The molecule has 0 unspecified atom stereocenters. The second-order valence-electron chi connectivity index (χ2n) is 6.11. The van der Waals surface area contributed by atoms with Crippen LogP contribution in [0.5, 0.6) is 11.5 Å². The molecule has 1 aliphatic carbocycles. The zero-order valence-corrected chi connectivity index (χ0v) is 13.2. The van der Waals surface area contributed by atoms with Gasteiger partial charge in [-0.2, -0.15) is 4.98 Å². The summed E-state index contributed by atoms with van der Waals surface area (Å²) in [6, 6.07) is 7.82. The van der Waals surface area contributed by atoms with Crippen LogP contribution in [0.4, 0.5) is 17.5 Å². The molecule has 24 heavy (non-hydrogen) atoms. The molecule has 1 fully saturated rings. The fourth-order valence-corrected chi connectivity index (χ4v) is 3.02. The molecule has 0 atom stereocenters. The highest BCUT2D eigenvalue weighted by Gasteiger charge is 2.20. The molecular weight excluding hydrogens is 308 g/mol. The number of aliphatic hydroxyl groups excluding tert-OH is 1. The molecule has 126 valence electrons. The fourth-order valence-electron chi connectivity index (χ4n) is 3.02. The zero-order valence-electron chi connectivity index (χ0n) is 13.2. The van der Waals surface area contributed by atoms with Gasteiger partial charge in [-0.3, -0.25) is 0 Å². The van der Waals surface area contributed by atoms with Crippen molar-refractivity contribution in [2.45, 2.75) is 37.8 Å². The summed E-state index contributed by atoms with van der Waals surface area (Å²) in [7, 11) is 0. The minimum Gasteiger partial charge on any atom is -0.454 e. The lowest BCUT2D eigenvalue weighted by Crippen LogP contribution is -2.28. The van der Waals surface area contributed by atoms with Crippen molar-refractivity contribution in [3.63, 3.8) is 0 Å². The van der Waals surface area contributed by atoms with E-state index in [0.29, 0.717) is 17.8 Å². The number of aliphatic hydroxyl groups is 1. The molecule has 0 bridgehead atoms. The third-order valence-corrected chi connectivity index (χ3v) is 4.33. The van der Waals surface area contributed by atoms with Crippen molar-refractivity contribution in [2.75, 3.05) is 17.4 Å². The molecule has 3 N–H and O–H groups in total. The van der Waals surface area contributed by atoms with E-state index in [1.807, 2.05) is 24.3 Å². The number of benzene rings is 1. The Bertz CT molecular complexity index is 717. The van der Waals surface area contributed by atoms with E-state index in [1.165, 1.54) is 0 Å². The molecule has 2 aliphatic rings. The molecule has 0 radical (unpaired) electrons. The number of hydrogen-bond acceptors (Lipinski definition) is 7. The molecule has 2 aromatic rings. The van der Waals surface area contributed by atoms with Crippen molar-refractivity contribution in [2.24, 2.45) is 0 Å². The summed E-state index contributed by atoms with van der Waals surface area (Å²) in [5.41, 5.74) is 0.879. The molecule has 1 saturated carbocycles. The lowest BCUT2D eigenvalue weighted by Gasteiger charge is -2.26. The maximum Gasteiger partial charge on any atom is 0.231 e. The van der Waals surface area contributed by atoms with Gasteiger partial charge >= 0.3 is 0 Å². The molecule has 7 heteroatoms. The predicted molar refractivity (Wildman–Crippen MR) is 89.8 cm³/mol. The highest BCUT2D eigenvalue weighted by molar-refractivity contribution is 5.62. The van der Waals surface area contributed by atoms with Crippen LogP contribution in [0.3, 0.4) is 0 Å². The molecule has 1 aromatic heterocycles. The second-order valence-corrected chi connectivity index (χ2v) is 6.11. The maximum atomic E-state index is 9.58. The Labute approximate surface area is 140 Å². The van der Waals surface area contributed by atoms with Gasteiger partial charge in [0.2, 0.25) is 12.7 Å². The van der Waals surface area contributed by atoms with Crippen LogP contribution in [-0.4, -0.2) is 34.0 Å². The third kappa shape index (κ3) is 3.35. The van der Waals surface area contributed by atoms with Crippen molar-refractivity contribution in [3.05, 3.63) is 30.5 Å². The quantitative estimate of drug-likeness (QED) is 0.795. The number of nitrogens with zero attached hydrogens (tertiary/aromatic N) is 2. The third-order valence-electron chi connectivity index (χ3n) is 4.33. The van der Waals surface area contributed by atoms with Gasteiger partial charge in [0.1, 0.15) is 5.82 Å². The van der Waals surface area contributed by atoms with Crippen LogP contribution in [0.2, 0.25) is 0 Å². The highest BCUT2D eigenvalue weighted by Crippen LogP contribution is 2.35. The summed E-state index contributed by atoms with van der Waals surface area (Å²) >= 11 is 0. The predicted octanol–water partition coefficient (Wildman–Crippen LogP) is 2.66. The normalized spacial score (nSPS) is 22.2. The summed E-state index contributed by atoms with van der Waals surface area (Å²) in [5.74, 6) is 2.79. The molecule has 7 nitrogen and oxygen atoms in total.